The normalized spacial score (nSPS) is 11.6. The average Bonchev–Trinajstić information content (AvgIpc) is 2.58. The first-order valence-corrected chi connectivity index (χ1v) is 7.79. The first kappa shape index (κ1) is 17.6. The summed E-state index contributed by atoms with van der Waals surface area (Å²) in [5, 5.41) is 8.96. The van der Waals surface area contributed by atoms with E-state index in [1.54, 1.807) is 6.07 Å². The molecule has 6 nitrogen and oxygen atoms in total. The molecule has 2 aromatic carbocycles. The van der Waals surface area contributed by atoms with Crippen molar-refractivity contribution >= 4 is 11.7 Å². The van der Waals surface area contributed by atoms with E-state index in [2.05, 4.69) is 10.9 Å². The van der Waals surface area contributed by atoms with Crippen molar-refractivity contribution in [2.24, 2.45) is 0 Å². The first-order valence-electron chi connectivity index (χ1n) is 7.79. The molecule has 2 rings (SSSR count). The van der Waals surface area contributed by atoms with Gasteiger partial charge >= 0.3 is 5.97 Å². The highest BCUT2D eigenvalue weighted by molar-refractivity contribution is 5.72. The van der Waals surface area contributed by atoms with Crippen LogP contribution >= 0.6 is 0 Å². The minimum Gasteiger partial charge on any atom is -0.490 e. The van der Waals surface area contributed by atoms with E-state index in [9.17, 15) is 4.79 Å². The summed E-state index contributed by atoms with van der Waals surface area (Å²) < 4.78 is 11.0. The summed E-state index contributed by atoms with van der Waals surface area (Å²) in [6.07, 6.45) is -0.937. The molecule has 0 bridgehead atoms. The predicted octanol–water partition coefficient (Wildman–Crippen LogP) is 3.05. The maximum atomic E-state index is 10.9. The zero-order valence-corrected chi connectivity index (χ0v) is 13.8. The van der Waals surface area contributed by atoms with Crippen molar-refractivity contribution in [3.8, 4) is 11.5 Å². The Labute approximate surface area is 141 Å². The Morgan fingerprint density at radius 3 is 2.58 bits per heavy atom. The van der Waals surface area contributed by atoms with Crippen molar-refractivity contribution in [2.75, 3.05) is 12.0 Å². The Balaban J connectivity index is 2.00. The van der Waals surface area contributed by atoms with E-state index in [4.69, 9.17) is 14.6 Å². The number of hydrogen-bond acceptors (Lipinski definition) is 5. The molecular formula is C18H22N2O4. The molecular weight excluding hydrogens is 308 g/mol. The molecule has 128 valence electrons. The van der Waals surface area contributed by atoms with E-state index < -0.39 is 12.1 Å². The van der Waals surface area contributed by atoms with Gasteiger partial charge in [0.2, 0.25) is 0 Å². The monoisotopic (exact) mass is 330 g/mol. The lowest BCUT2D eigenvalue weighted by molar-refractivity contribution is -0.144. The molecule has 0 aliphatic carbocycles. The van der Waals surface area contributed by atoms with Gasteiger partial charge in [-0.05, 0) is 43.7 Å². The third kappa shape index (κ3) is 5.17. The molecule has 0 heterocycles. The van der Waals surface area contributed by atoms with Crippen LogP contribution in [0.4, 0.5) is 5.69 Å². The summed E-state index contributed by atoms with van der Waals surface area (Å²) in [4.78, 5) is 10.9. The van der Waals surface area contributed by atoms with Gasteiger partial charge in [-0.1, -0.05) is 24.3 Å². The molecule has 24 heavy (non-hydrogen) atoms. The fourth-order valence-electron chi connectivity index (χ4n) is 2.04. The molecule has 6 heteroatoms. The van der Waals surface area contributed by atoms with E-state index in [1.165, 1.54) is 6.92 Å². The summed E-state index contributed by atoms with van der Waals surface area (Å²) in [7, 11) is 0. The number of para-hydroxylation sites is 1. The van der Waals surface area contributed by atoms with Crippen molar-refractivity contribution in [3.05, 3.63) is 54.1 Å². The van der Waals surface area contributed by atoms with Crippen LogP contribution in [-0.4, -0.2) is 23.8 Å². The second-order valence-corrected chi connectivity index (χ2v) is 5.16. The number of aliphatic carboxylic acids is 1. The third-order valence-corrected chi connectivity index (χ3v) is 3.26. The quantitative estimate of drug-likeness (QED) is 0.613. The SMILES string of the molecule is CCOc1cc(CNNc2ccccc2)ccc1OC(C)C(=O)O. The summed E-state index contributed by atoms with van der Waals surface area (Å²) >= 11 is 0. The lowest BCUT2D eigenvalue weighted by Gasteiger charge is -2.16. The van der Waals surface area contributed by atoms with Crippen LogP contribution in [0.25, 0.3) is 0 Å². The highest BCUT2D eigenvalue weighted by Crippen LogP contribution is 2.29. The number of carboxylic acids is 1. The number of carboxylic acid groups (broad SMARTS) is 1. The molecule has 0 aromatic heterocycles. The number of benzene rings is 2. The fraction of sp³-hybridized carbons (Fsp3) is 0.278. The maximum Gasteiger partial charge on any atom is 0.344 e. The molecule has 1 atom stereocenters. The summed E-state index contributed by atoms with van der Waals surface area (Å²) in [5.41, 5.74) is 8.19. The van der Waals surface area contributed by atoms with Crippen LogP contribution in [0.2, 0.25) is 0 Å². The summed E-state index contributed by atoms with van der Waals surface area (Å²) in [5.74, 6) is -0.0635. The topological polar surface area (TPSA) is 79.8 Å². The second-order valence-electron chi connectivity index (χ2n) is 5.16. The Morgan fingerprint density at radius 1 is 1.17 bits per heavy atom. The molecule has 2 aromatic rings. The smallest absolute Gasteiger partial charge is 0.344 e. The predicted molar refractivity (Wildman–Crippen MR) is 92.2 cm³/mol. The molecule has 0 aliphatic heterocycles. The molecule has 0 amide bonds. The van der Waals surface area contributed by atoms with E-state index in [1.807, 2.05) is 49.4 Å². The maximum absolute atomic E-state index is 10.9. The molecule has 0 saturated carbocycles. The zero-order valence-electron chi connectivity index (χ0n) is 13.8. The lowest BCUT2D eigenvalue weighted by atomic mass is 10.2. The molecule has 0 spiro atoms. The molecule has 1 unspecified atom stereocenters. The van der Waals surface area contributed by atoms with Gasteiger partial charge < -0.3 is 20.0 Å². The van der Waals surface area contributed by atoms with Crippen LogP contribution in [0.3, 0.4) is 0 Å². The summed E-state index contributed by atoms with van der Waals surface area (Å²) in [6.45, 7) is 4.39. The van der Waals surface area contributed by atoms with Crippen LogP contribution in [-0.2, 0) is 11.3 Å². The van der Waals surface area contributed by atoms with E-state index >= 15 is 0 Å². The first-order chi connectivity index (χ1) is 11.6. The van der Waals surface area contributed by atoms with Gasteiger partial charge in [-0.3, -0.25) is 0 Å². The largest absolute Gasteiger partial charge is 0.490 e. The van der Waals surface area contributed by atoms with Crippen LogP contribution in [0.1, 0.15) is 19.4 Å². The molecule has 0 saturated heterocycles. The van der Waals surface area contributed by atoms with Gasteiger partial charge in [0.1, 0.15) is 0 Å². The van der Waals surface area contributed by atoms with Gasteiger partial charge in [0, 0.05) is 12.2 Å². The highest BCUT2D eigenvalue weighted by atomic mass is 16.5. The number of carbonyl (C=O) groups is 1. The zero-order chi connectivity index (χ0) is 17.4. The number of hydrazine groups is 1. The Hall–Kier alpha value is -2.73. The Bertz CT molecular complexity index is 661. The van der Waals surface area contributed by atoms with Gasteiger partial charge in [0.05, 0.1) is 6.61 Å². The minimum atomic E-state index is -1.02. The van der Waals surface area contributed by atoms with Crippen molar-refractivity contribution < 1.29 is 19.4 Å². The third-order valence-electron chi connectivity index (χ3n) is 3.26. The van der Waals surface area contributed by atoms with Gasteiger partial charge in [-0.25, -0.2) is 10.2 Å². The standard InChI is InChI=1S/C18H22N2O4/c1-3-23-17-11-14(9-10-16(17)24-13(2)18(21)22)12-19-20-15-7-5-4-6-8-15/h4-11,13,19-20H,3,12H2,1-2H3,(H,21,22). The van der Waals surface area contributed by atoms with Crippen LogP contribution in [0.5, 0.6) is 11.5 Å². The van der Waals surface area contributed by atoms with Crippen molar-refractivity contribution in [2.45, 2.75) is 26.5 Å². The van der Waals surface area contributed by atoms with Gasteiger partial charge in [-0.15, -0.1) is 0 Å². The average molecular weight is 330 g/mol. The van der Waals surface area contributed by atoms with Crippen molar-refractivity contribution in [1.82, 2.24) is 5.43 Å². The highest BCUT2D eigenvalue weighted by Gasteiger charge is 2.15. The van der Waals surface area contributed by atoms with E-state index in [0.29, 0.717) is 24.7 Å². The summed E-state index contributed by atoms with van der Waals surface area (Å²) in [6, 6.07) is 15.2. The Morgan fingerprint density at radius 2 is 1.92 bits per heavy atom. The van der Waals surface area contributed by atoms with Crippen LogP contribution < -0.4 is 20.3 Å². The number of rotatable bonds is 9. The number of ether oxygens (including phenoxy) is 2. The second kappa shape index (κ2) is 8.79. The van der Waals surface area contributed by atoms with Gasteiger partial charge in [0.15, 0.2) is 17.6 Å². The molecule has 0 radical (unpaired) electrons. The van der Waals surface area contributed by atoms with Crippen molar-refractivity contribution in [3.63, 3.8) is 0 Å². The fourth-order valence-corrected chi connectivity index (χ4v) is 2.04. The molecule has 3 N–H and O–H groups in total. The van der Waals surface area contributed by atoms with Gasteiger partial charge in [-0.2, -0.15) is 0 Å². The van der Waals surface area contributed by atoms with Crippen LogP contribution in [0.15, 0.2) is 48.5 Å². The molecule has 0 fully saturated rings. The van der Waals surface area contributed by atoms with Crippen LogP contribution in [0, 0.1) is 0 Å². The number of nitrogens with one attached hydrogen (secondary N) is 2. The van der Waals surface area contributed by atoms with Crippen molar-refractivity contribution in [1.29, 1.82) is 0 Å². The lowest BCUT2D eigenvalue weighted by Crippen LogP contribution is -2.23. The van der Waals surface area contributed by atoms with E-state index in [-0.39, 0.29) is 0 Å². The Kier molecular flexibility index (Phi) is 6.45. The number of hydrogen-bond donors (Lipinski definition) is 3. The van der Waals surface area contributed by atoms with Gasteiger partial charge in [0.25, 0.3) is 0 Å². The minimum absolute atomic E-state index is 0.423. The van der Waals surface area contributed by atoms with E-state index in [0.717, 1.165) is 11.3 Å². The molecule has 0 aliphatic rings. The number of anilines is 1.